The van der Waals surface area contributed by atoms with E-state index in [1.807, 2.05) is 0 Å². The lowest BCUT2D eigenvalue weighted by atomic mass is 9.92. The molecule has 0 bridgehead atoms. The minimum atomic E-state index is -4.92. The maximum absolute atomic E-state index is 13.3. The second-order valence-electron chi connectivity index (χ2n) is 5.77. The summed E-state index contributed by atoms with van der Waals surface area (Å²) in [5.74, 6) is -0.649. The molecule has 23 heavy (non-hydrogen) atoms. The second kappa shape index (κ2) is 7.07. The van der Waals surface area contributed by atoms with Gasteiger partial charge in [0.2, 0.25) is 11.5 Å². The van der Waals surface area contributed by atoms with Gasteiger partial charge in [0.15, 0.2) is 0 Å². The van der Waals surface area contributed by atoms with Crippen molar-refractivity contribution in [2.45, 2.75) is 43.0 Å². The van der Waals surface area contributed by atoms with Crippen LogP contribution in [0.5, 0.6) is 0 Å². The van der Waals surface area contributed by atoms with Crippen LogP contribution in [0.4, 0.5) is 13.2 Å². The maximum Gasteiger partial charge on any atom is 0.423 e. The lowest BCUT2D eigenvalue weighted by molar-refractivity contribution is -0.264. The Morgan fingerprint density at radius 1 is 1.22 bits per heavy atom. The Morgan fingerprint density at radius 2 is 1.74 bits per heavy atom. The molecule has 1 fully saturated rings. The topological polar surface area (TPSA) is 75.4 Å². The van der Waals surface area contributed by atoms with E-state index in [9.17, 15) is 23.1 Å². The fourth-order valence-corrected chi connectivity index (χ4v) is 2.70. The number of hydrogen-bond donors (Lipinski definition) is 3. The molecular weight excluding hydrogens is 333 g/mol. The zero-order valence-electron chi connectivity index (χ0n) is 12.4. The highest BCUT2D eigenvalue weighted by molar-refractivity contribution is 5.86. The summed E-state index contributed by atoms with van der Waals surface area (Å²) in [7, 11) is 0. The van der Waals surface area contributed by atoms with E-state index in [-0.39, 0.29) is 18.0 Å². The smallest absolute Gasteiger partial charge is 0.375 e. The Morgan fingerprint density at radius 3 is 2.22 bits per heavy atom. The van der Waals surface area contributed by atoms with Crippen molar-refractivity contribution >= 4 is 18.3 Å². The molecule has 4 N–H and O–H groups in total. The van der Waals surface area contributed by atoms with Gasteiger partial charge in [0, 0.05) is 0 Å². The van der Waals surface area contributed by atoms with E-state index in [1.165, 1.54) is 24.3 Å². The van der Waals surface area contributed by atoms with Crippen molar-refractivity contribution < 1.29 is 23.1 Å². The molecule has 2 rings (SSSR count). The van der Waals surface area contributed by atoms with Gasteiger partial charge in [-0.25, -0.2) is 0 Å². The molecule has 0 radical (unpaired) electrons. The lowest BCUT2D eigenvalue weighted by Crippen LogP contribution is -2.57. The number of rotatable bonds is 4. The number of hydrogen-bond acceptors (Lipinski definition) is 3. The zero-order valence-corrected chi connectivity index (χ0v) is 13.2. The average molecular weight is 353 g/mol. The summed E-state index contributed by atoms with van der Waals surface area (Å²) >= 11 is 0. The number of benzene rings is 1. The fourth-order valence-electron chi connectivity index (χ4n) is 2.70. The molecule has 1 aromatic rings. The first-order valence-corrected chi connectivity index (χ1v) is 7.11. The molecule has 4 nitrogen and oxygen atoms in total. The maximum atomic E-state index is 13.3. The van der Waals surface area contributed by atoms with Gasteiger partial charge in [-0.15, -0.1) is 12.4 Å². The average Bonchev–Trinajstić information content (AvgIpc) is 2.92. The predicted molar refractivity (Wildman–Crippen MR) is 82.0 cm³/mol. The molecule has 1 aliphatic carbocycles. The van der Waals surface area contributed by atoms with Crippen LogP contribution in [0.2, 0.25) is 0 Å². The summed E-state index contributed by atoms with van der Waals surface area (Å²) < 4.78 is 39.8. The van der Waals surface area contributed by atoms with E-state index < -0.39 is 29.8 Å². The van der Waals surface area contributed by atoms with Crippen LogP contribution in [0.3, 0.4) is 0 Å². The third-order valence-corrected chi connectivity index (χ3v) is 4.17. The van der Waals surface area contributed by atoms with Crippen molar-refractivity contribution in [3.05, 3.63) is 35.9 Å². The van der Waals surface area contributed by atoms with Crippen LogP contribution in [-0.2, 0) is 10.4 Å². The molecule has 8 heteroatoms. The Hall–Kier alpha value is -1.31. The summed E-state index contributed by atoms with van der Waals surface area (Å²) in [5, 5.41) is 12.3. The van der Waals surface area contributed by atoms with Gasteiger partial charge in [0.05, 0.1) is 12.1 Å². The van der Waals surface area contributed by atoms with E-state index in [1.54, 1.807) is 6.07 Å². The largest absolute Gasteiger partial charge is 0.423 e. The summed E-state index contributed by atoms with van der Waals surface area (Å²) in [6.45, 7) is -0.960. The van der Waals surface area contributed by atoms with Crippen molar-refractivity contribution in [1.29, 1.82) is 0 Å². The Bertz CT molecular complexity index is 533. The van der Waals surface area contributed by atoms with Crippen LogP contribution < -0.4 is 11.1 Å². The van der Waals surface area contributed by atoms with Crippen molar-refractivity contribution in [2.24, 2.45) is 5.73 Å². The molecule has 1 aromatic carbocycles. The van der Waals surface area contributed by atoms with E-state index in [2.05, 4.69) is 5.32 Å². The first-order chi connectivity index (χ1) is 10.2. The van der Waals surface area contributed by atoms with Crippen molar-refractivity contribution in [1.82, 2.24) is 5.32 Å². The number of amides is 1. The van der Waals surface area contributed by atoms with Gasteiger partial charge in [-0.2, -0.15) is 13.2 Å². The second-order valence-corrected chi connectivity index (χ2v) is 5.77. The molecule has 1 saturated carbocycles. The van der Waals surface area contributed by atoms with Crippen molar-refractivity contribution in [2.75, 3.05) is 6.54 Å². The molecule has 130 valence electrons. The summed E-state index contributed by atoms with van der Waals surface area (Å²) in [4.78, 5) is 12.1. The number of aliphatic hydroxyl groups is 1. The Labute approximate surface area is 138 Å². The number of carbonyl (C=O) groups is 1. The number of alkyl halides is 3. The van der Waals surface area contributed by atoms with Gasteiger partial charge in [-0.3, -0.25) is 4.79 Å². The van der Waals surface area contributed by atoms with Crippen LogP contribution in [0.25, 0.3) is 0 Å². The number of carbonyl (C=O) groups excluding carboxylic acids is 1. The highest BCUT2D eigenvalue weighted by Gasteiger charge is 2.55. The van der Waals surface area contributed by atoms with Gasteiger partial charge in [-0.05, 0) is 18.4 Å². The molecule has 0 saturated heterocycles. The van der Waals surface area contributed by atoms with Crippen LogP contribution in [0.15, 0.2) is 30.3 Å². The van der Waals surface area contributed by atoms with E-state index in [0.29, 0.717) is 12.8 Å². The fraction of sp³-hybridized carbons (Fsp3) is 0.533. The molecule has 1 atom stereocenters. The third kappa shape index (κ3) is 3.97. The van der Waals surface area contributed by atoms with E-state index >= 15 is 0 Å². The van der Waals surface area contributed by atoms with Gasteiger partial charge < -0.3 is 16.2 Å². The highest BCUT2D eigenvalue weighted by Crippen LogP contribution is 2.38. The Kier molecular flexibility index (Phi) is 6.06. The van der Waals surface area contributed by atoms with Crippen LogP contribution in [-0.4, -0.2) is 29.3 Å². The predicted octanol–water partition coefficient (Wildman–Crippen LogP) is 2.25. The summed E-state index contributed by atoms with van der Waals surface area (Å²) in [6, 6.07) is 6.69. The van der Waals surface area contributed by atoms with Gasteiger partial charge in [0.25, 0.3) is 0 Å². The van der Waals surface area contributed by atoms with Gasteiger partial charge in [-0.1, -0.05) is 43.2 Å². The molecule has 1 aliphatic rings. The summed E-state index contributed by atoms with van der Waals surface area (Å²) in [6.07, 6.45) is -2.50. The van der Waals surface area contributed by atoms with E-state index in [4.69, 9.17) is 5.73 Å². The molecule has 0 spiro atoms. The molecule has 1 amide bonds. The lowest BCUT2D eigenvalue weighted by Gasteiger charge is -2.32. The van der Waals surface area contributed by atoms with Gasteiger partial charge >= 0.3 is 6.18 Å². The molecule has 0 aromatic heterocycles. The van der Waals surface area contributed by atoms with Crippen LogP contribution in [0.1, 0.15) is 31.2 Å². The normalized spacial score (nSPS) is 19.5. The van der Waals surface area contributed by atoms with Gasteiger partial charge in [0.1, 0.15) is 0 Å². The minimum absolute atomic E-state index is 0. The SMILES string of the molecule is Cl.NC1(C(=O)NCC(O)(c2ccccc2)C(F)(F)F)CCCC1. The Balaban J connectivity index is 0.00000264. The van der Waals surface area contributed by atoms with Crippen molar-refractivity contribution in [3.63, 3.8) is 0 Å². The minimum Gasteiger partial charge on any atom is -0.375 e. The molecular formula is C15H20ClF3N2O2. The summed E-state index contributed by atoms with van der Waals surface area (Å²) in [5.41, 5.74) is 1.31. The highest BCUT2D eigenvalue weighted by atomic mass is 35.5. The quantitative estimate of drug-likeness (QED) is 0.778. The number of nitrogens with one attached hydrogen (secondary N) is 1. The number of nitrogens with two attached hydrogens (primary N) is 1. The molecule has 1 unspecified atom stereocenters. The van der Waals surface area contributed by atoms with Crippen LogP contribution in [0, 0.1) is 0 Å². The molecule has 0 heterocycles. The van der Waals surface area contributed by atoms with Crippen molar-refractivity contribution in [3.8, 4) is 0 Å². The zero-order chi connectivity index (χ0) is 16.4. The number of halogens is 4. The first-order valence-electron chi connectivity index (χ1n) is 7.11. The monoisotopic (exact) mass is 352 g/mol. The first kappa shape index (κ1) is 19.7. The third-order valence-electron chi connectivity index (χ3n) is 4.17. The van der Waals surface area contributed by atoms with E-state index in [0.717, 1.165) is 12.8 Å². The van der Waals surface area contributed by atoms with Crippen LogP contribution >= 0.6 is 12.4 Å². The molecule has 0 aliphatic heterocycles. The standard InChI is InChI=1S/C15H19F3N2O2.ClH/c16-15(17,18)14(22,11-6-2-1-3-7-11)10-20-12(21)13(19)8-4-5-9-13;/h1-3,6-7,22H,4-5,8-10,19H2,(H,20,21);1H.